The fourth-order valence-corrected chi connectivity index (χ4v) is 5.92. The number of fused-ring (bicyclic) bond motifs is 2. The molecule has 0 saturated carbocycles. The van der Waals surface area contributed by atoms with Crippen LogP contribution in [0.3, 0.4) is 0 Å². The SMILES string of the molecule is COC(=O)C1=C2Nc3c(O)cccc3[C@@]23CCN2C[C@@H](C(C)=O)[C@@H]1C[C@H]23. The van der Waals surface area contributed by atoms with E-state index in [-0.39, 0.29) is 40.8 Å². The molecule has 1 aromatic carbocycles. The number of piperidine rings is 1. The summed E-state index contributed by atoms with van der Waals surface area (Å²) in [6.07, 6.45) is 1.64. The van der Waals surface area contributed by atoms with Crippen LogP contribution in [0.1, 0.15) is 25.3 Å². The van der Waals surface area contributed by atoms with Gasteiger partial charge in [0.25, 0.3) is 0 Å². The summed E-state index contributed by atoms with van der Waals surface area (Å²) in [6, 6.07) is 5.81. The van der Waals surface area contributed by atoms with E-state index in [0.717, 1.165) is 30.6 Å². The minimum Gasteiger partial charge on any atom is -0.506 e. The summed E-state index contributed by atoms with van der Waals surface area (Å²) in [7, 11) is 1.39. The molecular formula is C20H22N2O4. The summed E-state index contributed by atoms with van der Waals surface area (Å²) in [6.45, 7) is 3.19. The molecule has 3 heterocycles. The zero-order valence-corrected chi connectivity index (χ0v) is 14.9. The number of phenols is 1. The second-order valence-corrected chi connectivity index (χ2v) is 7.90. The monoisotopic (exact) mass is 354 g/mol. The van der Waals surface area contributed by atoms with Crippen LogP contribution in [0, 0.1) is 11.8 Å². The molecule has 0 radical (unpaired) electrons. The lowest BCUT2D eigenvalue weighted by molar-refractivity contribution is -0.138. The molecule has 2 N–H and O–H groups in total. The van der Waals surface area contributed by atoms with Crippen molar-refractivity contribution in [1.29, 1.82) is 0 Å². The molecule has 26 heavy (non-hydrogen) atoms. The van der Waals surface area contributed by atoms with E-state index in [2.05, 4.69) is 10.2 Å². The van der Waals surface area contributed by atoms with Crippen LogP contribution < -0.4 is 5.32 Å². The number of hydrogen-bond donors (Lipinski definition) is 2. The van der Waals surface area contributed by atoms with Gasteiger partial charge >= 0.3 is 5.97 Å². The molecule has 4 atom stereocenters. The summed E-state index contributed by atoms with van der Waals surface area (Å²) >= 11 is 0. The number of anilines is 1. The van der Waals surface area contributed by atoms with Gasteiger partial charge in [-0.05, 0) is 37.9 Å². The predicted octanol–water partition coefficient (Wildman–Crippen LogP) is 1.80. The number of Topliss-reactive ketones (excluding diaryl/α,β-unsaturated/α-hetero) is 1. The molecule has 0 unspecified atom stereocenters. The molecule has 4 aliphatic rings. The second-order valence-electron chi connectivity index (χ2n) is 7.90. The lowest BCUT2D eigenvalue weighted by Crippen LogP contribution is -2.56. The Bertz CT molecular complexity index is 877. The van der Waals surface area contributed by atoms with Gasteiger partial charge in [-0.25, -0.2) is 4.79 Å². The number of benzene rings is 1. The highest BCUT2D eigenvalue weighted by molar-refractivity contribution is 5.95. The lowest BCUT2D eigenvalue weighted by Gasteiger charge is -2.50. The highest BCUT2D eigenvalue weighted by atomic mass is 16.5. The molecule has 0 amide bonds. The molecule has 2 bridgehead atoms. The summed E-state index contributed by atoms with van der Waals surface area (Å²) in [5.74, 6) is -0.379. The maximum Gasteiger partial charge on any atom is 0.335 e. The zero-order chi connectivity index (χ0) is 18.2. The van der Waals surface area contributed by atoms with E-state index in [1.165, 1.54) is 7.11 Å². The van der Waals surface area contributed by atoms with Crippen LogP contribution in [0.25, 0.3) is 0 Å². The fourth-order valence-electron chi connectivity index (χ4n) is 5.92. The van der Waals surface area contributed by atoms with Crippen LogP contribution in [0.4, 0.5) is 5.69 Å². The molecule has 5 rings (SSSR count). The molecule has 1 spiro atoms. The van der Waals surface area contributed by atoms with Gasteiger partial charge in [0.1, 0.15) is 11.5 Å². The Morgan fingerprint density at radius 1 is 1.38 bits per heavy atom. The Hall–Kier alpha value is -2.34. The topological polar surface area (TPSA) is 78.9 Å². The van der Waals surface area contributed by atoms with Gasteiger partial charge in [0, 0.05) is 30.1 Å². The smallest absolute Gasteiger partial charge is 0.335 e. The number of carbonyl (C=O) groups is 2. The zero-order valence-electron chi connectivity index (χ0n) is 14.9. The number of para-hydroxylation sites is 1. The van der Waals surface area contributed by atoms with Crippen molar-refractivity contribution in [3.8, 4) is 5.75 Å². The van der Waals surface area contributed by atoms with Crippen LogP contribution in [-0.4, -0.2) is 48.0 Å². The van der Waals surface area contributed by atoms with Crippen molar-refractivity contribution < 1.29 is 19.4 Å². The van der Waals surface area contributed by atoms with Crippen LogP contribution >= 0.6 is 0 Å². The average Bonchev–Trinajstić information content (AvgIpc) is 3.18. The first-order valence-electron chi connectivity index (χ1n) is 9.16. The largest absolute Gasteiger partial charge is 0.506 e. The van der Waals surface area contributed by atoms with Gasteiger partial charge in [-0.3, -0.25) is 9.69 Å². The number of hydrogen-bond acceptors (Lipinski definition) is 6. The van der Waals surface area contributed by atoms with Crippen LogP contribution in [-0.2, 0) is 19.7 Å². The second kappa shape index (κ2) is 5.10. The molecular weight excluding hydrogens is 332 g/mol. The van der Waals surface area contributed by atoms with Crippen molar-refractivity contribution in [2.45, 2.75) is 31.2 Å². The Morgan fingerprint density at radius 2 is 2.19 bits per heavy atom. The summed E-state index contributed by atoms with van der Waals surface area (Å²) in [4.78, 5) is 27.5. The quantitative estimate of drug-likeness (QED) is 0.623. The molecule has 2 saturated heterocycles. The van der Waals surface area contributed by atoms with Crippen molar-refractivity contribution in [3.05, 3.63) is 35.0 Å². The van der Waals surface area contributed by atoms with E-state index >= 15 is 0 Å². The van der Waals surface area contributed by atoms with Crippen molar-refractivity contribution in [3.63, 3.8) is 0 Å². The van der Waals surface area contributed by atoms with Gasteiger partial charge in [-0.1, -0.05) is 12.1 Å². The van der Waals surface area contributed by atoms with E-state index < -0.39 is 0 Å². The van der Waals surface area contributed by atoms with Crippen LogP contribution in [0.5, 0.6) is 5.75 Å². The molecule has 6 heteroatoms. The van der Waals surface area contributed by atoms with Gasteiger partial charge in [0.2, 0.25) is 0 Å². The normalized spacial score (nSPS) is 34.2. The summed E-state index contributed by atoms with van der Waals surface area (Å²) < 4.78 is 5.13. The van der Waals surface area contributed by atoms with Crippen molar-refractivity contribution >= 4 is 17.4 Å². The maximum atomic E-state index is 12.8. The third-order valence-electron chi connectivity index (χ3n) is 6.98. The number of ether oxygens (including phenoxy) is 1. The van der Waals surface area contributed by atoms with Gasteiger partial charge in [-0.2, -0.15) is 0 Å². The van der Waals surface area contributed by atoms with Gasteiger partial charge in [0.15, 0.2) is 0 Å². The average molecular weight is 354 g/mol. The van der Waals surface area contributed by atoms with E-state index in [9.17, 15) is 14.7 Å². The Morgan fingerprint density at radius 3 is 2.92 bits per heavy atom. The van der Waals surface area contributed by atoms with E-state index in [1.807, 2.05) is 12.1 Å². The van der Waals surface area contributed by atoms with Gasteiger partial charge < -0.3 is 15.2 Å². The number of methoxy groups -OCH3 is 1. The molecule has 1 aromatic rings. The standard InChI is InChI=1S/C20H22N2O4/c1-10(23)12-9-22-7-6-20-13-4-3-5-14(24)17(13)21-18(20)16(19(25)26-2)11(12)8-15(20)22/h3-5,11-12,15,21,24H,6-9H2,1-2H3/t11-,12-,15-,20+/m0/s1. The number of ketones is 1. The number of nitrogens with one attached hydrogen (secondary N) is 1. The van der Waals surface area contributed by atoms with E-state index in [0.29, 0.717) is 17.8 Å². The third kappa shape index (κ3) is 1.70. The first kappa shape index (κ1) is 15.9. The molecule has 1 aliphatic carbocycles. The van der Waals surface area contributed by atoms with Crippen molar-refractivity contribution in [2.24, 2.45) is 11.8 Å². The summed E-state index contributed by atoms with van der Waals surface area (Å²) in [5.41, 5.74) is 2.87. The number of rotatable bonds is 2. The minimum absolute atomic E-state index is 0.119. The number of esters is 1. The van der Waals surface area contributed by atoms with Crippen LogP contribution in [0.2, 0.25) is 0 Å². The van der Waals surface area contributed by atoms with Crippen LogP contribution in [0.15, 0.2) is 29.5 Å². The van der Waals surface area contributed by atoms with Gasteiger partial charge in [0.05, 0.1) is 23.8 Å². The molecule has 2 fully saturated rings. The number of carbonyl (C=O) groups excluding carboxylic acids is 2. The molecule has 6 nitrogen and oxygen atoms in total. The van der Waals surface area contributed by atoms with Crippen molar-refractivity contribution in [2.75, 3.05) is 25.5 Å². The molecule has 136 valence electrons. The predicted molar refractivity (Wildman–Crippen MR) is 94.7 cm³/mol. The Balaban J connectivity index is 1.80. The minimum atomic E-state index is -0.366. The first-order valence-corrected chi connectivity index (χ1v) is 9.16. The number of nitrogens with zero attached hydrogens (tertiary/aromatic N) is 1. The summed E-state index contributed by atoms with van der Waals surface area (Å²) in [5, 5.41) is 13.8. The van der Waals surface area contributed by atoms with Crippen molar-refractivity contribution in [1.82, 2.24) is 4.90 Å². The fraction of sp³-hybridized carbons (Fsp3) is 0.500. The Labute approximate surface area is 151 Å². The lowest BCUT2D eigenvalue weighted by atomic mass is 9.60. The number of aromatic hydroxyl groups is 1. The highest BCUT2D eigenvalue weighted by Gasteiger charge is 2.63. The molecule has 3 aliphatic heterocycles. The maximum absolute atomic E-state index is 12.8. The van der Waals surface area contributed by atoms with E-state index in [4.69, 9.17) is 4.74 Å². The third-order valence-corrected chi connectivity index (χ3v) is 6.98. The Kier molecular flexibility index (Phi) is 3.11. The number of phenolic OH excluding ortho intramolecular Hbond substituents is 1. The van der Waals surface area contributed by atoms with Gasteiger partial charge in [-0.15, -0.1) is 0 Å². The van der Waals surface area contributed by atoms with E-state index in [1.54, 1.807) is 13.0 Å². The highest BCUT2D eigenvalue weighted by Crippen LogP contribution is 2.62. The molecule has 0 aromatic heterocycles. The first-order chi connectivity index (χ1) is 12.5.